The Labute approximate surface area is 132 Å². The summed E-state index contributed by atoms with van der Waals surface area (Å²) in [5.74, 6) is 0.162. The highest BCUT2D eigenvalue weighted by atomic mass is 79.9. The molecule has 1 aliphatic rings. The van der Waals surface area contributed by atoms with Crippen LogP contribution in [0.15, 0.2) is 16.6 Å². The molecule has 2 aromatic rings. The van der Waals surface area contributed by atoms with Crippen molar-refractivity contribution in [3.8, 4) is 0 Å². The number of halogens is 2. The molecule has 0 aliphatic heterocycles. The number of imidazole rings is 1. The van der Waals surface area contributed by atoms with Crippen LogP contribution in [0.5, 0.6) is 0 Å². The van der Waals surface area contributed by atoms with E-state index in [2.05, 4.69) is 32.9 Å². The van der Waals surface area contributed by atoms with Crippen LogP contribution in [0.4, 0.5) is 10.3 Å². The SMILES string of the molecule is CN(CCn1c(N)nc2cc(Br)c(F)cc21)C1CCCC1. The van der Waals surface area contributed by atoms with Crippen molar-refractivity contribution in [2.45, 2.75) is 38.3 Å². The first-order valence-corrected chi connectivity index (χ1v) is 8.16. The number of rotatable bonds is 4. The highest BCUT2D eigenvalue weighted by Gasteiger charge is 2.20. The van der Waals surface area contributed by atoms with E-state index in [0.29, 0.717) is 16.5 Å². The average molecular weight is 355 g/mol. The Bertz CT molecular complexity index is 649. The minimum absolute atomic E-state index is 0.284. The minimum atomic E-state index is -0.284. The lowest BCUT2D eigenvalue weighted by Gasteiger charge is -2.24. The molecule has 6 heteroatoms. The van der Waals surface area contributed by atoms with Crippen molar-refractivity contribution < 1.29 is 4.39 Å². The molecule has 114 valence electrons. The van der Waals surface area contributed by atoms with Gasteiger partial charge in [0.25, 0.3) is 0 Å². The van der Waals surface area contributed by atoms with E-state index in [1.54, 1.807) is 6.07 Å². The van der Waals surface area contributed by atoms with Crippen LogP contribution in [0, 0.1) is 5.82 Å². The summed E-state index contributed by atoms with van der Waals surface area (Å²) >= 11 is 3.18. The maximum atomic E-state index is 13.7. The second-order valence-corrected chi connectivity index (χ2v) is 6.65. The van der Waals surface area contributed by atoms with Crippen molar-refractivity contribution in [3.05, 3.63) is 22.4 Å². The molecule has 0 bridgehead atoms. The third kappa shape index (κ3) is 2.92. The molecule has 0 unspecified atom stereocenters. The number of hydrogen-bond acceptors (Lipinski definition) is 3. The Balaban J connectivity index is 1.80. The Morgan fingerprint density at radius 2 is 2.14 bits per heavy atom. The standard InChI is InChI=1S/C15H20BrFN4/c1-20(10-4-2-3-5-10)6-7-21-14-9-12(17)11(16)8-13(14)19-15(21)18/h8-10H,2-7H2,1H3,(H2,18,19). The number of anilines is 1. The zero-order chi connectivity index (χ0) is 15.0. The van der Waals surface area contributed by atoms with Gasteiger partial charge in [0.05, 0.1) is 15.5 Å². The molecule has 3 rings (SSSR count). The number of hydrogen-bond donors (Lipinski definition) is 1. The van der Waals surface area contributed by atoms with E-state index in [4.69, 9.17) is 5.73 Å². The summed E-state index contributed by atoms with van der Waals surface area (Å²) < 4.78 is 16.1. The summed E-state index contributed by atoms with van der Waals surface area (Å²) in [6.07, 6.45) is 5.20. The zero-order valence-electron chi connectivity index (χ0n) is 12.1. The van der Waals surface area contributed by atoms with Gasteiger partial charge in [0, 0.05) is 25.2 Å². The monoisotopic (exact) mass is 354 g/mol. The lowest BCUT2D eigenvalue weighted by atomic mass is 10.2. The fraction of sp³-hybridized carbons (Fsp3) is 0.533. The molecule has 0 spiro atoms. The molecule has 0 atom stereocenters. The molecule has 1 saturated carbocycles. The van der Waals surface area contributed by atoms with Gasteiger partial charge in [0.2, 0.25) is 5.95 Å². The van der Waals surface area contributed by atoms with Gasteiger partial charge in [-0.3, -0.25) is 0 Å². The van der Waals surface area contributed by atoms with Gasteiger partial charge >= 0.3 is 0 Å². The molecule has 4 nitrogen and oxygen atoms in total. The van der Waals surface area contributed by atoms with Crippen molar-refractivity contribution in [2.24, 2.45) is 0 Å². The summed E-state index contributed by atoms with van der Waals surface area (Å²) in [4.78, 5) is 6.70. The van der Waals surface area contributed by atoms with Gasteiger partial charge in [0.1, 0.15) is 5.82 Å². The highest BCUT2D eigenvalue weighted by molar-refractivity contribution is 9.10. The van der Waals surface area contributed by atoms with E-state index in [1.807, 2.05) is 4.57 Å². The number of likely N-dealkylation sites (N-methyl/N-ethyl adjacent to an activating group) is 1. The minimum Gasteiger partial charge on any atom is -0.369 e. The van der Waals surface area contributed by atoms with E-state index in [9.17, 15) is 4.39 Å². The number of nitrogen functional groups attached to an aromatic ring is 1. The average Bonchev–Trinajstić information content (AvgIpc) is 3.06. The number of aromatic nitrogens is 2. The Morgan fingerprint density at radius 3 is 2.86 bits per heavy atom. The zero-order valence-corrected chi connectivity index (χ0v) is 13.7. The first-order valence-electron chi connectivity index (χ1n) is 7.37. The highest BCUT2D eigenvalue weighted by Crippen LogP contribution is 2.26. The smallest absolute Gasteiger partial charge is 0.201 e. The molecular weight excluding hydrogens is 335 g/mol. The summed E-state index contributed by atoms with van der Waals surface area (Å²) in [6.45, 7) is 1.63. The van der Waals surface area contributed by atoms with Gasteiger partial charge < -0.3 is 15.2 Å². The number of fused-ring (bicyclic) bond motifs is 1. The topological polar surface area (TPSA) is 47.1 Å². The van der Waals surface area contributed by atoms with E-state index >= 15 is 0 Å². The third-order valence-electron chi connectivity index (χ3n) is 4.44. The fourth-order valence-electron chi connectivity index (χ4n) is 3.16. The van der Waals surface area contributed by atoms with Gasteiger partial charge in [-0.2, -0.15) is 0 Å². The Hall–Kier alpha value is -1.14. The lowest BCUT2D eigenvalue weighted by molar-refractivity contribution is 0.238. The lowest BCUT2D eigenvalue weighted by Crippen LogP contribution is -2.32. The third-order valence-corrected chi connectivity index (χ3v) is 5.05. The van der Waals surface area contributed by atoms with Gasteiger partial charge in [-0.15, -0.1) is 0 Å². The van der Waals surface area contributed by atoms with E-state index in [-0.39, 0.29) is 5.82 Å². The van der Waals surface area contributed by atoms with Gasteiger partial charge in [-0.05, 0) is 41.9 Å². The summed E-state index contributed by atoms with van der Waals surface area (Å²) in [7, 11) is 2.16. The van der Waals surface area contributed by atoms with Crippen molar-refractivity contribution in [1.29, 1.82) is 0 Å². The van der Waals surface area contributed by atoms with Gasteiger partial charge in [-0.25, -0.2) is 9.37 Å². The molecule has 1 aliphatic carbocycles. The summed E-state index contributed by atoms with van der Waals surface area (Å²) in [5, 5.41) is 0. The van der Waals surface area contributed by atoms with Crippen molar-refractivity contribution in [2.75, 3.05) is 19.3 Å². The largest absolute Gasteiger partial charge is 0.369 e. The van der Waals surface area contributed by atoms with Crippen LogP contribution < -0.4 is 5.73 Å². The van der Waals surface area contributed by atoms with Crippen LogP contribution in [-0.2, 0) is 6.54 Å². The first-order chi connectivity index (χ1) is 10.1. The van der Waals surface area contributed by atoms with Crippen molar-refractivity contribution >= 4 is 32.9 Å². The van der Waals surface area contributed by atoms with E-state index in [0.717, 1.165) is 24.1 Å². The molecule has 0 radical (unpaired) electrons. The molecule has 1 aromatic carbocycles. The van der Waals surface area contributed by atoms with Crippen LogP contribution in [0.3, 0.4) is 0 Å². The van der Waals surface area contributed by atoms with Crippen molar-refractivity contribution in [3.63, 3.8) is 0 Å². The summed E-state index contributed by atoms with van der Waals surface area (Å²) in [5.41, 5.74) is 7.47. The Morgan fingerprint density at radius 1 is 1.43 bits per heavy atom. The first kappa shape index (κ1) is 14.8. The van der Waals surface area contributed by atoms with Crippen LogP contribution in [0.1, 0.15) is 25.7 Å². The van der Waals surface area contributed by atoms with Crippen LogP contribution >= 0.6 is 15.9 Å². The normalized spacial score (nSPS) is 16.4. The maximum absolute atomic E-state index is 13.7. The number of nitrogens with two attached hydrogens (primary N) is 1. The second kappa shape index (κ2) is 5.93. The molecule has 1 heterocycles. The van der Waals surface area contributed by atoms with E-state index in [1.165, 1.54) is 31.7 Å². The molecule has 1 fully saturated rings. The van der Waals surface area contributed by atoms with Crippen LogP contribution in [0.25, 0.3) is 11.0 Å². The fourth-order valence-corrected chi connectivity index (χ4v) is 3.49. The number of nitrogens with zero attached hydrogens (tertiary/aromatic N) is 3. The maximum Gasteiger partial charge on any atom is 0.201 e. The summed E-state index contributed by atoms with van der Waals surface area (Å²) in [6, 6.07) is 3.85. The number of benzene rings is 1. The molecule has 21 heavy (non-hydrogen) atoms. The molecular formula is C15H20BrFN4. The Kier molecular flexibility index (Phi) is 4.17. The van der Waals surface area contributed by atoms with Crippen LogP contribution in [0.2, 0.25) is 0 Å². The predicted molar refractivity (Wildman–Crippen MR) is 86.7 cm³/mol. The van der Waals surface area contributed by atoms with E-state index < -0.39 is 0 Å². The van der Waals surface area contributed by atoms with Crippen molar-refractivity contribution in [1.82, 2.24) is 14.5 Å². The van der Waals surface area contributed by atoms with Gasteiger partial charge in [-0.1, -0.05) is 12.8 Å². The second-order valence-electron chi connectivity index (χ2n) is 5.80. The molecule has 0 saturated heterocycles. The quantitative estimate of drug-likeness (QED) is 0.915. The molecule has 2 N–H and O–H groups in total. The molecule has 0 amide bonds. The molecule has 1 aromatic heterocycles. The van der Waals surface area contributed by atoms with Crippen LogP contribution in [-0.4, -0.2) is 34.1 Å². The predicted octanol–water partition coefficient (Wildman–Crippen LogP) is 3.39. The van der Waals surface area contributed by atoms with Gasteiger partial charge in [0.15, 0.2) is 0 Å².